The normalized spacial score (nSPS) is 31.5. The van der Waals surface area contributed by atoms with Crippen LogP contribution in [-0.2, 0) is 0 Å². The predicted octanol–water partition coefficient (Wildman–Crippen LogP) is 4.50. The van der Waals surface area contributed by atoms with Gasteiger partial charge in [-0.25, -0.2) is 10.8 Å². The Balaban J connectivity index is 2.32. The van der Waals surface area contributed by atoms with Crippen molar-refractivity contribution in [3.63, 3.8) is 0 Å². The number of nitrogens with two attached hydrogens (primary N) is 1. The van der Waals surface area contributed by atoms with Crippen molar-refractivity contribution in [3.05, 3.63) is 21.5 Å². The minimum absolute atomic E-state index is 0.492. The van der Waals surface area contributed by atoms with Crippen LogP contribution < -0.4 is 5.84 Å². The predicted molar refractivity (Wildman–Crippen MR) is 84.8 cm³/mol. The molecule has 0 aromatic rings. The Morgan fingerprint density at radius 1 is 1.42 bits per heavy atom. The van der Waals surface area contributed by atoms with Crippen LogP contribution in [0.1, 0.15) is 46.0 Å². The van der Waals surface area contributed by atoms with Crippen LogP contribution in [0, 0.1) is 11.8 Å². The molecule has 3 nitrogen and oxygen atoms in total. The molecule has 0 aromatic heterocycles. The molecule has 2 rings (SSSR count). The second-order valence-corrected chi connectivity index (χ2v) is 7.03. The molecule has 2 atom stereocenters. The van der Waals surface area contributed by atoms with E-state index < -0.39 is 0 Å². The summed E-state index contributed by atoms with van der Waals surface area (Å²) in [6.07, 6.45) is 8.32. The zero-order valence-electron chi connectivity index (χ0n) is 11.5. The van der Waals surface area contributed by atoms with Gasteiger partial charge in [0.15, 0.2) is 5.82 Å². The highest BCUT2D eigenvalue weighted by Crippen LogP contribution is 2.34. The number of rotatable bonds is 1. The Kier molecular flexibility index (Phi) is 5.09. The van der Waals surface area contributed by atoms with Crippen LogP contribution >= 0.6 is 27.5 Å². The summed E-state index contributed by atoms with van der Waals surface area (Å²) in [6.45, 7) is 4.25. The Morgan fingerprint density at radius 2 is 2.11 bits per heavy atom. The Hall–Kier alpha value is -0.320. The fourth-order valence-electron chi connectivity index (χ4n) is 2.87. The molecule has 0 bridgehead atoms. The number of hydrogen-bond acceptors (Lipinski definition) is 3. The van der Waals surface area contributed by atoms with Gasteiger partial charge in [0.05, 0.1) is 0 Å². The van der Waals surface area contributed by atoms with Crippen LogP contribution in [0.15, 0.2) is 26.5 Å². The van der Waals surface area contributed by atoms with Gasteiger partial charge in [0, 0.05) is 16.1 Å². The topological polar surface area (TPSA) is 41.6 Å². The first kappa shape index (κ1) is 15.1. The molecule has 2 N–H and O–H groups in total. The van der Waals surface area contributed by atoms with Crippen LogP contribution in [0.2, 0.25) is 0 Å². The van der Waals surface area contributed by atoms with E-state index in [2.05, 4.69) is 22.9 Å². The lowest BCUT2D eigenvalue weighted by molar-refractivity contribution is 0.419. The zero-order valence-corrected chi connectivity index (χ0v) is 13.8. The molecule has 0 amide bonds. The molecule has 0 saturated heterocycles. The van der Waals surface area contributed by atoms with Crippen LogP contribution in [0.25, 0.3) is 0 Å². The molecule has 106 valence electrons. The van der Waals surface area contributed by atoms with E-state index >= 15 is 0 Å². The molecular weight excluding hydrogens is 326 g/mol. The molecule has 1 fully saturated rings. The third kappa shape index (κ3) is 3.41. The maximum absolute atomic E-state index is 6.23. The summed E-state index contributed by atoms with van der Waals surface area (Å²) in [5.41, 5.74) is 1.08. The van der Waals surface area contributed by atoms with Crippen molar-refractivity contribution in [2.24, 2.45) is 22.7 Å². The van der Waals surface area contributed by atoms with Crippen molar-refractivity contribution in [2.45, 2.75) is 46.0 Å². The van der Waals surface area contributed by atoms with Crippen molar-refractivity contribution in [1.82, 2.24) is 5.01 Å². The summed E-state index contributed by atoms with van der Waals surface area (Å²) in [5, 5.41) is 1.96. The first-order valence-corrected chi connectivity index (χ1v) is 8.04. The Bertz CT molecular complexity index is 438. The van der Waals surface area contributed by atoms with E-state index in [1.807, 2.05) is 13.0 Å². The van der Waals surface area contributed by atoms with E-state index in [4.69, 9.17) is 22.4 Å². The fourth-order valence-corrected chi connectivity index (χ4v) is 3.34. The van der Waals surface area contributed by atoms with E-state index in [1.165, 1.54) is 37.1 Å². The van der Waals surface area contributed by atoms with Gasteiger partial charge in [-0.05, 0) is 25.3 Å². The van der Waals surface area contributed by atoms with Crippen molar-refractivity contribution in [2.75, 3.05) is 0 Å². The molecule has 2 unspecified atom stereocenters. The van der Waals surface area contributed by atoms with Gasteiger partial charge in [-0.1, -0.05) is 60.1 Å². The standard InChI is InChI=1S/C14H21BrClN3/c1-9-6-4-3-5-7-11(9)12-8-13(16)19(17)14(18-12)10(2)15/h8-9,11H,3-7,17H2,1-2H3/b14-10+. The van der Waals surface area contributed by atoms with Crippen LogP contribution in [0.4, 0.5) is 0 Å². The van der Waals surface area contributed by atoms with Gasteiger partial charge in [0.25, 0.3) is 0 Å². The fraction of sp³-hybridized carbons (Fsp3) is 0.643. The number of halogens is 2. The van der Waals surface area contributed by atoms with Crippen molar-refractivity contribution >= 4 is 33.2 Å². The van der Waals surface area contributed by atoms with E-state index in [0.717, 1.165) is 10.2 Å². The molecule has 19 heavy (non-hydrogen) atoms. The van der Waals surface area contributed by atoms with E-state index in [1.54, 1.807) is 0 Å². The summed E-state index contributed by atoms with van der Waals surface area (Å²) >= 11 is 9.69. The maximum atomic E-state index is 6.23. The second kappa shape index (κ2) is 6.42. The van der Waals surface area contributed by atoms with E-state index in [0.29, 0.717) is 22.8 Å². The maximum Gasteiger partial charge on any atom is 0.158 e. The van der Waals surface area contributed by atoms with E-state index in [-0.39, 0.29) is 0 Å². The lowest BCUT2D eigenvalue weighted by atomic mass is 9.85. The number of hydrogen-bond donors (Lipinski definition) is 1. The molecule has 5 heteroatoms. The SMILES string of the molecule is C/C(Br)=C1/N=C(C2CCCCCC2C)C=C(Cl)N1N. The number of allylic oxidation sites excluding steroid dienone is 2. The van der Waals surface area contributed by atoms with Gasteiger partial charge >= 0.3 is 0 Å². The van der Waals surface area contributed by atoms with Gasteiger partial charge in [-0.15, -0.1) is 0 Å². The minimum Gasteiger partial charge on any atom is -0.250 e. The smallest absolute Gasteiger partial charge is 0.158 e. The van der Waals surface area contributed by atoms with Crippen LogP contribution in [0.5, 0.6) is 0 Å². The molecule has 1 aliphatic carbocycles. The average Bonchev–Trinajstić information content (AvgIpc) is 2.57. The number of nitrogens with zero attached hydrogens (tertiary/aromatic N) is 2. The molecule has 1 heterocycles. The third-order valence-electron chi connectivity index (χ3n) is 4.01. The molecule has 2 aliphatic rings. The quantitative estimate of drug-likeness (QED) is 0.431. The molecular formula is C14H21BrClN3. The van der Waals surface area contributed by atoms with Crippen LogP contribution in [-0.4, -0.2) is 10.7 Å². The first-order valence-electron chi connectivity index (χ1n) is 6.87. The highest BCUT2D eigenvalue weighted by Gasteiger charge is 2.27. The first-order chi connectivity index (χ1) is 9.00. The summed E-state index contributed by atoms with van der Waals surface area (Å²) in [7, 11) is 0. The van der Waals surface area contributed by atoms with Crippen LogP contribution in [0.3, 0.4) is 0 Å². The van der Waals surface area contributed by atoms with Gasteiger partial charge < -0.3 is 0 Å². The molecule has 0 spiro atoms. The Morgan fingerprint density at radius 3 is 2.79 bits per heavy atom. The van der Waals surface area contributed by atoms with Crippen molar-refractivity contribution in [3.8, 4) is 0 Å². The molecule has 0 radical (unpaired) electrons. The van der Waals surface area contributed by atoms with Gasteiger partial charge in [0.2, 0.25) is 0 Å². The van der Waals surface area contributed by atoms with Gasteiger partial charge in [-0.3, -0.25) is 5.01 Å². The monoisotopic (exact) mass is 345 g/mol. The lowest BCUT2D eigenvalue weighted by Gasteiger charge is -2.28. The third-order valence-corrected chi connectivity index (χ3v) is 4.66. The van der Waals surface area contributed by atoms with Gasteiger partial charge in [-0.2, -0.15) is 0 Å². The second-order valence-electron chi connectivity index (χ2n) is 5.45. The number of hydrazine groups is 1. The van der Waals surface area contributed by atoms with Crippen molar-refractivity contribution in [1.29, 1.82) is 0 Å². The zero-order chi connectivity index (χ0) is 14.0. The average molecular weight is 347 g/mol. The largest absolute Gasteiger partial charge is 0.250 e. The lowest BCUT2D eigenvalue weighted by Crippen LogP contribution is -2.33. The minimum atomic E-state index is 0.492. The molecule has 0 aromatic carbocycles. The summed E-state index contributed by atoms with van der Waals surface area (Å²) in [4.78, 5) is 4.72. The summed E-state index contributed by atoms with van der Waals surface area (Å²) in [6, 6.07) is 0. The summed E-state index contributed by atoms with van der Waals surface area (Å²) in [5.74, 6) is 7.77. The molecule has 1 saturated carbocycles. The molecule has 1 aliphatic heterocycles. The van der Waals surface area contributed by atoms with Crippen molar-refractivity contribution < 1.29 is 0 Å². The number of aliphatic imine (C=N–C) groups is 1. The highest BCUT2D eigenvalue weighted by molar-refractivity contribution is 9.11. The highest BCUT2D eigenvalue weighted by atomic mass is 79.9. The summed E-state index contributed by atoms with van der Waals surface area (Å²) < 4.78 is 0.903. The Labute approximate surface area is 128 Å². The van der Waals surface area contributed by atoms with E-state index in [9.17, 15) is 0 Å². The van der Waals surface area contributed by atoms with Gasteiger partial charge in [0.1, 0.15) is 5.16 Å².